The Balaban J connectivity index is 1.99. The van der Waals surface area contributed by atoms with Crippen molar-refractivity contribution in [1.82, 2.24) is 4.98 Å². The first-order valence-electron chi connectivity index (χ1n) is 7.00. The Hall–Kier alpha value is -2.88. The summed E-state index contributed by atoms with van der Waals surface area (Å²) in [7, 11) is 1.55. The average molecular weight is 292 g/mol. The standard InChI is InChI=1S/C18H16N2O2/c1-12-10-11-13-6-5-8-15(17(13)19-12)20-18(21)14-7-3-4-9-16(14)22-2/h3-11H,1-2H3,(H,20,21). The maximum Gasteiger partial charge on any atom is 0.259 e. The van der Waals surface area contributed by atoms with Crippen molar-refractivity contribution < 1.29 is 9.53 Å². The molecule has 0 atom stereocenters. The van der Waals surface area contributed by atoms with Gasteiger partial charge in [0, 0.05) is 11.1 Å². The number of amides is 1. The highest BCUT2D eigenvalue weighted by Gasteiger charge is 2.13. The van der Waals surface area contributed by atoms with Crippen LogP contribution in [0.4, 0.5) is 5.69 Å². The Labute approximate surface area is 128 Å². The number of nitrogens with zero attached hydrogens (tertiary/aromatic N) is 1. The zero-order valence-corrected chi connectivity index (χ0v) is 12.5. The van der Waals surface area contributed by atoms with E-state index in [4.69, 9.17) is 4.74 Å². The second-order valence-corrected chi connectivity index (χ2v) is 4.98. The number of methoxy groups -OCH3 is 1. The van der Waals surface area contributed by atoms with E-state index in [0.29, 0.717) is 17.0 Å². The van der Waals surface area contributed by atoms with Crippen LogP contribution in [0.1, 0.15) is 16.1 Å². The molecule has 2 aromatic carbocycles. The summed E-state index contributed by atoms with van der Waals surface area (Å²) < 4.78 is 5.23. The van der Waals surface area contributed by atoms with Crippen LogP contribution in [0.2, 0.25) is 0 Å². The van der Waals surface area contributed by atoms with Crippen molar-refractivity contribution in [1.29, 1.82) is 0 Å². The van der Waals surface area contributed by atoms with E-state index in [1.165, 1.54) is 0 Å². The number of benzene rings is 2. The molecule has 0 unspecified atom stereocenters. The molecule has 0 aliphatic rings. The molecule has 110 valence electrons. The van der Waals surface area contributed by atoms with Crippen LogP contribution in [0.5, 0.6) is 5.75 Å². The van der Waals surface area contributed by atoms with Gasteiger partial charge in [0.25, 0.3) is 5.91 Å². The Kier molecular flexibility index (Phi) is 3.74. The number of nitrogens with one attached hydrogen (secondary N) is 1. The van der Waals surface area contributed by atoms with E-state index >= 15 is 0 Å². The molecule has 1 heterocycles. The van der Waals surface area contributed by atoms with E-state index in [1.807, 2.05) is 49.4 Å². The molecule has 22 heavy (non-hydrogen) atoms. The molecule has 1 amide bonds. The number of rotatable bonds is 3. The highest BCUT2D eigenvalue weighted by Crippen LogP contribution is 2.24. The fourth-order valence-electron chi connectivity index (χ4n) is 2.37. The predicted molar refractivity (Wildman–Crippen MR) is 87.4 cm³/mol. The van der Waals surface area contributed by atoms with Gasteiger partial charge in [-0.2, -0.15) is 0 Å². The van der Waals surface area contributed by atoms with E-state index in [1.54, 1.807) is 19.2 Å². The molecule has 0 spiro atoms. The molecule has 0 fully saturated rings. The summed E-state index contributed by atoms with van der Waals surface area (Å²) in [4.78, 5) is 17.0. The van der Waals surface area contributed by atoms with Crippen LogP contribution in [0.15, 0.2) is 54.6 Å². The van der Waals surface area contributed by atoms with Gasteiger partial charge in [0.15, 0.2) is 0 Å². The first kappa shape index (κ1) is 14.1. The van der Waals surface area contributed by atoms with Crippen LogP contribution in [0.25, 0.3) is 10.9 Å². The number of pyridine rings is 1. The van der Waals surface area contributed by atoms with Crippen molar-refractivity contribution >= 4 is 22.5 Å². The predicted octanol–water partition coefficient (Wildman–Crippen LogP) is 3.80. The summed E-state index contributed by atoms with van der Waals surface area (Å²) in [5.74, 6) is 0.331. The summed E-state index contributed by atoms with van der Waals surface area (Å²) in [6.07, 6.45) is 0. The SMILES string of the molecule is COc1ccccc1C(=O)Nc1cccc2ccc(C)nc12. The van der Waals surface area contributed by atoms with Gasteiger partial charge in [0.05, 0.1) is 23.9 Å². The number of hydrogen-bond donors (Lipinski definition) is 1. The van der Waals surface area contributed by atoms with Crippen molar-refractivity contribution in [3.63, 3.8) is 0 Å². The molecule has 0 radical (unpaired) electrons. The monoisotopic (exact) mass is 292 g/mol. The lowest BCUT2D eigenvalue weighted by molar-refractivity contribution is 0.102. The van der Waals surface area contributed by atoms with Crippen molar-refractivity contribution in [2.45, 2.75) is 6.92 Å². The maximum atomic E-state index is 12.5. The van der Waals surface area contributed by atoms with Crippen molar-refractivity contribution in [3.05, 3.63) is 65.9 Å². The first-order chi connectivity index (χ1) is 10.7. The number of carbonyl (C=O) groups is 1. The van der Waals surface area contributed by atoms with Gasteiger partial charge in [-0.3, -0.25) is 9.78 Å². The summed E-state index contributed by atoms with van der Waals surface area (Å²) in [6.45, 7) is 1.93. The highest BCUT2D eigenvalue weighted by molar-refractivity contribution is 6.09. The minimum atomic E-state index is -0.215. The quantitative estimate of drug-likeness (QED) is 0.798. The average Bonchev–Trinajstić information content (AvgIpc) is 2.55. The number of ether oxygens (including phenoxy) is 1. The van der Waals surface area contributed by atoms with E-state index in [0.717, 1.165) is 16.6 Å². The second-order valence-electron chi connectivity index (χ2n) is 4.98. The first-order valence-corrected chi connectivity index (χ1v) is 7.00. The third kappa shape index (κ3) is 2.63. The van der Waals surface area contributed by atoms with Crippen LogP contribution in [0, 0.1) is 6.92 Å². The van der Waals surface area contributed by atoms with Gasteiger partial charge in [0.2, 0.25) is 0 Å². The summed E-state index contributed by atoms with van der Waals surface area (Å²) in [5.41, 5.74) is 2.88. The van der Waals surface area contributed by atoms with Crippen molar-refractivity contribution in [2.24, 2.45) is 0 Å². The minimum Gasteiger partial charge on any atom is -0.496 e. The number of para-hydroxylation sites is 2. The fraction of sp³-hybridized carbons (Fsp3) is 0.111. The Morgan fingerprint density at radius 3 is 2.68 bits per heavy atom. The molecule has 4 heteroatoms. The molecule has 3 aromatic rings. The minimum absolute atomic E-state index is 0.215. The largest absolute Gasteiger partial charge is 0.496 e. The lowest BCUT2D eigenvalue weighted by Crippen LogP contribution is -2.13. The number of aryl methyl sites for hydroxylation is 1. The third-order valence-electron chi connectivity index (χ3n) is 3.46. The van der Waals surface area contributed by atoms with Crippen LogP contribution < -0.4 is 10.1 Å². The molecule has 0 aliphatic heterocycles. The van der Waals surface area contributed by atoms with Gasteiger partial charge >= 0.3 is 0 Å². The van der Waals surface area contributed by atoms with E-state index < -0.39 is 0 Å². The normalized spacial score (nSPS) is 10.5. The number of hydrogen-bond acceptors (Lipinski definition) is 3. The van der Waals surface area contributed by atoms with Crippen molar-refractivity contribution in [3.8, 4) is 5.75 Å². The van der Waals surface area contributed by atoms with Gasteiger partial charge in [-0.15, -0.1) is 0 Å². The molecule has 1 aromatic heterocycles. The molecular formula is C18H16N2O2. The molecule has 0 aliphatic carbocycles. The van der Waals surface area contributed by atoms with Gasteiger partial charge < -0.3 is 10.1 Å². The van der Waals surface area contributed by atoms with Crippen LogP contribution in [-0.2, 0) is 0 Å². The van der Waals surface area contributed by atoms with Crippen LogP contribution >= 0.6 is 0 Å². The lowest BCUT2D eigenvalue weighted by Gasteiger charge is -2.11. The Morgan fingerprint density at radius 2 is 1.86 bits per heavy atom. The number of anilines is 1. The molecule has 4 nitrogen and oxygen atoms in total. The molecule has 0 bridgehead atoms. The highest BCUT2D eigenvalue weighted by atomic mass is 16.5. The molecule has 3 rings (SSSR count). The number of fused-ring (bicyclic) bond motifs is 1. The van der Waals surface area contributed by atoms with E-state index in [2.05, 4.69) is 10.3 Å². The summed E-state index contributed by atoms with van der Waals surface area (Å²) in [5, 5.41) is 3.91. The Morgan fingerprint density at radius 1 is 1.05 bits per heavy atom. The van der Waals surface area contributed by atoms with Gasteiger partial charge in [-0.25, -0.2) is 0 Å². The van der Waals surface area contributed by atoms with E-state index in [-0.39, 0.29) is 5.91 Å². The topological polar surface area (TPSA) is 51.2 Å². The molecule has 0 saturated carbocycles. The second kappa shape index (κ2) is 5.85. The maximum absolute atomic E-state index is 12.5. The van der Waals surface area contributed by atoms with Crippen molar-refractivity contribution in [2.75, 3.05) is 12.4 Å². The molecule has 1 N–H and O–H groups in total. The van der Waals surface area contributed by atoms with Crippen LogP contribution in [-0.4, -0.2) is 18.0 Å². The number of carbonyl (C=O) groups excluding carboxylic acids is 1. The fourth-order valence-corrected chi connectivity index (χ4v) is 2.37. The van der Waals surface area contributed by atoms with Crippen LogP contribution in [0.3, 0.4) is 0 Å². The zero-order chi connectivity index (χ0) is 15.5. The smallest absolute Gasteiger partial charge is 0.259 e. The van der Waals surface area contributed by atoms with Gasteiger partial charge in [0.1, 0.15) is 5.75 Å². The Bertz CT molecular complexity index is 843. The zero-order valence-electron chi connectivity index (χ0n) is 12.5. The molecule has 0 saturated heterocycles. The van der Waals surface area contributed by atoms with E-state index in [9.17, 15) is 4.79 Å². The molecular weight excluding hydrogens is 276 g/mol. The number of aromatic nitrogens is 1. The lowest BCUT2D eigenvalue weighted by atomic mass is 10.1. The summed E-state index contributed by atoms with van der Waals surface area (Å²) in [6, 6.07) is 16.8. The van der Waals surface area contributed by atoms with Gasteiger partial charge in [-0.1, -0.05) is 30.3 Å². The van der Waals surface area contributed by atoms with Gasteiger partial charge in [-0.05, 0) is 31.2 Å². The summed E-state index contributed by atoms with van der Waals surface area (Å²) >= 11 is 0. The third-order valence-corrected chi connectivity index (χ3v) is 3.46.